The molecule has 1 aliphatic carbocycles. The molecule has 8 heteroatoms. The maximum Gasteiger partial charge on any atom is 0.192 e. The van der Waals surface area contributed by atoms with Crippen LogP contribution in [0.25, 0.3) is 10.8 Å². The van der Waals surface area contributed by atoms with E-state index >= 15 is 0 Å². The van der Waals surface area contributed by atoms with Crippen molar-refractivity contribution in [3.8, 4) is 17.2 Å². The van der Waals surface area contributed by atoms with Crippen molar-refractivity contribution in [1.82, 2.24) is 0 Å². The number of methoxy groups -OCH3 is 1. The van der Waals surface area contributed by atoms with Gasteiger partial charge in [-0.2, -0.15) is 0 Å². The number of anilines is 1. The molecule has 0 radical (unpaired) electrons. The van der Waals surface area contributed by atoms with Crippen molar-refractivity contribution in [3.63, 3.8) is 0 Å². The van der Waals surface area contributed by atoms with Crippen LogP contribution >= 0.6 is 0 Å². The summed E-state index contributed by atoms with van der Waals surface area (Å²) in [5.74, 6) is 2.01. The number of unbranched alkanes of at least 4 members (excludes halogenated alkanes) is 2. The zero-order valence-electron chi connectivity index (χ0n) is 29.6. The number of fused-ring (bicyclic) bond motifs is 1. The summed E-state index contributed by atoms with van der Waals surface area (Å²) in [5, 5.41) is 25.9. The van der Waals surface area contributed by atoms with Gasteiger partial charge in [0.05, 0.1) is 13.2 Å². The fraction of sp³-hybridized carbons (Fsp3) is 0.429. The van der Waals surface area contributed by atoms with Crippen molar-refractivity contribution in [2.45, 2.75) is 96.2 Å². The number of aliphatic imine (C=N–C) groups is 1. The number of aliphatic hydroxyl groups is 1. The van der Waals surface area contributed by atoms with E-state index in [1.807, 2.05) is 54.6 Å². The SMILES string of the molecule is CN=C(N)Nc1cccc(CCCCCC2(CC(O)CC(=O)CCc3ccc(OC)c(OCc4ccc5cc(O)ccc5c4)c3)CCCC2)c1. The fourth-order valence-electron chi connectivity index (χ4n) is 7.44. The number of rotatable bonds is 18. The second kappa shape index (κ2) is 17.9. The van der Waals surface area contributed by atoms with Crippen LogP contribution in [0.3, 0.4) is 0 Å². The number of guanidine groups is 1. The summed E-state index contributed by atoms with van der Waals surface area (Å²) in [4.78, 5) is 17.0. The molecule has 266 valence electrons. The quantitative estimate of drug-likeness (QED) is 0.0472. The van der Waals surface area contributed by atoms with Gasteiger partial charge in [0.25, 0.3) is 0 Å². The summed E-state index contributed by atoms with van der Waals surface area (Å²) >= 11 is 0. The number of Topliss-reactive ketones (excluding diaryl/α,β-unsaturated/α-hetero) is 1. The number of aryl methyl sites for hydroxylation is 2. The monoisotopic (exact) mass is 679 g/mol. The molecule has 4 aromatic carbocycles. The Morgan fingerprint density at radius 1 is 0.900 bits per heavy atom. The molecule has 1 fully saturated rings. The largest absolute Gasteiger partial charge is 0.508 e. The number of carbonyl (C=O) groups excluding carboxylic acids is 1. The molecule has 1 unspecified atom stereocenters. The third kappa shape index (κ3) is 10.7. The molecular weight excluding hydrogens is 626 g/mol. The first-order chi connectivity index (χ1) is 24.2. The van der Waals surface area contributed by atoms with E-state index in [0.717, 1.165) is 72.5 Å². The Morgan fingerprint density at radius 2 is 1.66 bits per heavy atom. The summed E-state index contributed by atoms with van der Waals surface area (Å²) in [6.07, 6.45) is 11.5. The number of carbonyl (C=O) groups is 1. The second-order valence-corrected chi connectivity index (χ2v) is 13.9. The van der Waals surface area contributed by atoms with Gasteiger partial charge in [0, 0.05) is 25.6 Å². The molecule has 0 amide bonds. The number of ether oxygens (including phenoxy) is 2. The Kier molecular flexibility index (Phi) is 13.1. The van der Waals surface area contributed by atoms with Crippen LogP contribution in [-0.4, -0.2) is 42.2 Å². The fourth-order valence-corrected chi connectivity index (χ4v) is 7.44. The zero-order chi connectivity index (χ0) is 35.3. The highest BCUT2D eigenvalue weighted by atomic mass is 16.5. The van der Waals surface area contributed by atoms with Crippen LogP contribution in [0.5, 0.6) is 17.2 Å². The summed E-state index contributed by atoms with van der Waals surface area (Å²) in [7, 11) is 3.28. The lowest BCUT2D eigenvalue weighted by molar-refractivity contribution is -0.121. The minimum Gasteiger partial charge on any atom is -0.508 e. The molecule has 0 bridgehead atoms. The van der Waals surface area contributed by atoms with Crippen molar-refractivity contribution in [3.05, 3.63) is 95.6 Å². The van der Waals surface area contributed by atoms with Crippen LogP contribution in [-0.2, 0) is 24.2 Å². The number of ketones is 1. The van der Waals surface area contributed by atoms with E-state index in [9.17, 15) is 15.0 Å². The molecule has 1 atom stereocenters. The molecule has 1 aliphatic rings. The molecule has 5 rings (SSSR count). The Labute approximate surface area is 296 Å². The van der Waals surface area contributed by atoms with Crippen LogP contribution in [0.2, 0.25) is 0 Å². The molecule has 0 heterocycles. The first-order valence-corrected chi connectivity index (χ1v) is 18.0. The van der Waals surface area contributed by atoms with Crippen LogP contribution in [0.15, 0.2) is 83.9 Å². The molecule has 0 saturated heterocycles. The topological polar surface area (TPSA) is 126 Å². The van der Waals surface area contributed by atoms with Crippen molar-refractivity contribution in [2.24, 2.45) is 16.1 Å². The lowest BCUT2D eigenvalue weighted by atomic mass is 9.75. The Balaban J connectivity index is 1.06. The number of hydrogen-bond donors (Lipinski definition) is 4. The number of aliphatic hydroxyl groups excluding tert-OH is 1. The first-order valence-electron chi connectivity index (χ1n) is 18.0. The zero-order valence-corrected chi connectivity index (χ0v) is 29.6. The standard InChI is InChI=1S/C42H53N3O5/c1-44-41(43)45-35-11-8-10-30(24-35)9-4-3-5-20-42(21-6-7-22-42)28-38(48)27-37(47)17-13-31-14-19-39(49-2)40(25-31)50-29-32-12-15-34-26-36(46)18-16-33(34)23-32/h8,10-12,14-16,18-19,23-26,38,46,48H,3-7,9,13,17,20-22,27-29H2,1-2H3,(H3,43,44,45). The van der Waals surface area contributed by atoms with Gasteiger partial charge in [0.1, 0.15) is 18.1 Å². The lowest BCUT2D eigenvalue weighted by Gasteiger charge is -2.31. The van der Waals surface area contributed by atoms with Gasteiger partial charge in [-0.05, 0) is 120 Å². The van der Waals surface area contributed by atoms with Crippen molar-refractivity contribution in [1.29, 1.82) is 0 Å². The van der Waals surface area contributed by atoms with Crippen LogP contribution in [0.4, 0.5) is 5.69 Å². The molecule has 0 aliphatic heterocycles. The van der Waals surface area contributed by atoms with E-state index in [1.54, 1.807) is 26.3 Å². The van der Waals surface area contributed by atoms with E-state index in [0.29, 0.717) is 43.3 Å². The number of phenols is 1. The Bertz CT molecular complexity index is 1750. The maximum atomic E-state index is 13.0. The number of nitrogens with zero attached hydrogens (tertiary/aromatic N) is 1. The van der Waals surface area contributed by atoms with Gasteiger partial charge in [-0.25, -0.2) is 0 Å². The summed E-state index contributed by atoms with van der Waals surface area (Å²) in [5.41, 5.74) is 10.2. The molecule has 8 nitrogen and oxygen atoms in total. The van der Waals surface area contributed by atoms with E-state index in [1.165, 1.54) is 18.4 Å². The average Bonchev–Trinajstić information content (AvgIpc) is 3.57. The molecule has 5 N–H and O–H groups in total. The minimum absolute atomic E-state index is 0.0924. The molecule has 50 heavy (non-hydrogen) atoms. The van der Waals surface area contributed by atoms with Gasteiger partial charge in [0.15, 0.2) is 17.5 Å². The average molecular weight is 680 g/mol. The number of hydrogen-bond acceptors (Lipinski definition) is 6. The van der Waals surface area contributed by atoms with Crippen LogP contribution in [0, 0.1) is 5.41 Å². The molecule has 1 saturated carbocycles. The number of nitrogens with two attached hydrogens (primary N) is 1. The van der Waals surface area contributed by atoms with Gasteiger partial charge in [0.2, 0.25) is 0 Å². The summed E-state index contributed by atoms with van der Waals surface area (Å²) in [6, 6.07) is 25.4. The predicted molar refractivity (Wildman–Crippen MR) is 202 cm³/mol. The van der Waals surface area contributed by atoms with Crippen LogP contribution < -0.4 is 20.5 Å². The van der Waals surface area contributed by atoms with E-state index in [-0.39, 0.29) is 23.4 Å². The maximum absolute atomic E-state index is 13.0. The molecule has 4 aromatic rings. The van der Waals surface area contributed by atoms with Gasteiger partial charge < -0.3 is 30.7 Å². The van der Waals surface area contributed by atoms with Crippen molar-refractivity contribution in [2.75, 3.05) is 19.5 Å². The molecular formula is C42H53N3O5. The predicted octanol–water partition coefficient (Wildman–Crippen LogP) is 8.50. The Morgan fingerprint density at radius 3 is 2.46 bits per heavy atom. The molecule has 0 aromatic heterocycles. The normalized spacial score (nSPS) is 14.8. The number of phenolic OH excluding ortho intramolecular Hbond substituents is 1. The van der Waals surface area contributed by atoms with Gasteiger partial charge >= 0.3 is 0 Å². The third-order valence-electron chi connectivity index (χ3n) is 10.1. The van der Waals surface area contributed by atoms with Crippen molar-refractivity contribution >= 4 is 28.2 Å². The van der Waals surface area contributed by atoms with Crippen LogP contribution in [0.1, 0.15) is 87.3 Å². The number of aromatic hydroxyl groups is 1. The smallest absolute Gasteiger partial charge is 0.192 e. The van der Waals surface area contributed by atoms with Gasteiger partial charge in [-0.1, -0.05) is 62.1 Å². The first kappa shape index (κ1) is 36.7. The number of benzene rings is 4. The van der Waals surface area contributed by atoms with E-state index in [2.05, 4.69) is 22.4 Å². The number of nitrogens with one attached hydrogen (secondary N) is 1. The van der Waals surface area contributed by atoms with E-state index in [4.69, 9.17) is 15.2 Å². The third-order valence-corrected chi connectivity index (χ3v) is 10.1. The summed E-state index contributed by atoms with van der Waals surface area (Å²) < 4.78 is 11.7. The second-order valence-electron chi connectivity index (χ2n) is 13.9. The highest BCUT2D eigenvalue weighted by Crippen LogP contribution is 2.46. The Hall–Kier alpha value is -4.56. The molecule has 0 spiro atoms. The van der Waals surface area contributed by atoms with Gasteiger partial charge in [-0.3, -0.25) is 9.79 Å². The lowest BCUT2D eigenvalue weighted by Crippen LogP contribution is -2.26. The highest BCUT2D eigenvalue weighted by molar-refractivity contribution is 5.92. The minimum atomic E-state index is -0.601. The van der Waals surface area contributed by atoms with Gasteiger partial charge in [-0.15, -0.1) is 0 Å². The van der Waals surface area contributed by atoms with E-state index < -0.39 is 6.10 Å². The van der Waals surface area contributed by atoms with Crippen molar-refractivity contribution < 1.29 is 24.5 Å². The summed E-state index contributed by atoms with van der Waals surface area (Å²) in [6.45, 7) is 0.361. The highest BCUT2D eigenvalue weighted by Gasteiger charge is 2.35.